The topological polar surface area (TPSA) is 21.3 Å². The van der Waals surface area contributed by atoms with Gasteiger partial charge in [0.15, 0.2) is 0 Å². The lowest BCUT2D eigenvalue weighted by Crippen LogP contribution is -2.31. The molecule has 116 valence electrons. The van der Waals surface area contributed by atoms with Gasteiger partial charge in [-0.25, -0.2) is 0 Å². The first-order valence-electron chi connectivity index (χ1n) is 8.79. The molecule has 21 heavy (non-hydrogen) atoms. The maximum atomic E-state index is 5.75. The van der Waals surface area contributed by atoms with Crippen molar-refractivity contribution in [1.29, 1.82) is 0 Å². The number of rotatable bonds is 5. The van der Waals surface area contributed by atoms with Crippen LogP contribution in [0.15, 0.2) is 24.3 Å². The molecule has 1 heterocycles. The average Bonchev–Trinajstić information content (AvgIpc) is 2.56. The number of nitrogens with one attached hydrogen (secondary N) is 1. The molecule has 0 radical (unpaired) electrons. The molecule has 0 aromatic heterocycles. The fraction of sp³-hybridized carbons (Fsp3) is 0.684. The first-order valence-corrected chi connectivity index (χ1v) is 8.79. The minimum atomic E-state index is 0.627. The molecule has 0 amide bonds. The van der Waals surface area contributed by atoms with Crippen LogP contribution in [0, 0.1) is 11.8 Å². The van der Waals surface area contributed by atoms with Crippen LogP contribution in [0.2, 0.25) is 0 Å². The maximum absolute atomic E-state index is 5.75. The van der Waals surface area contributed by atoms with Crippen LogP contribution >= 0.6 is 0 Å². The van der Waals surface area contributed by atoms with Crippen molar-refractivity contribution in [3.63, 3.8) is 0 Å². The SMILES string of the molecule is CCC1CCC(CNCC2CCOc3ccccc32)CC1. The smallest absolute Gasteiger partial charge is 0.122 e. The Labute approximate surface area is 129 Å². The van der Waals surface area contributed by atoms with E-state index in [9.17, 15) is 0 Å². The molecular formula is C19H29NO. The van der Waals surface area contributed by atoms with Crippen molar-refractivity contribution < 1.29 is 4.74 Å². The number of hydrogen-bond donors (Lipinski definition) is 1. The molecule has 0 bridgehead atoms. The largest absolute Gasteiger partial charge is 0.493 e. The molecule has 1 unspecified atom stereocenters. The summed E-state index contributed by atoms with van der Waals surface area (Å²) in [7, 11) is 0. The summed E-state index contributed by atoms with van der Waals surface area (Å²) in [6.07, 6.45) is 8.27. The van der Waals surface area contributed by atoms with Gasteiger partial charge in [-0.15, -0.1) is 0 Å². The van der Waals surface area contributed by atoms with Gasteiger partial charge in [0.25, 0.3) is 0 Å². The molecule has 2 aliphatic rings. The first-order chi connectivity index (χ1) is 10.4. The van der Waals surface area contributed by atoms with Gasteiger partial charge in [0.2, 0.25) is 0 Å². The predicted molar refractivity (Wildman–Crippen MR) is 87.9 cm³/mol. The van der Waals surface area contributed by atoms with Crippen molar-refractivity contribution in [3.8, 4) is 5.75 Å². The zero-order valence-electron chi connectivity index (χ0n) is 13.3. The van der Waals surface area contributed by atoms with Crippen LogP contribution in [-0.2, 0) is 0 Å². The maximum Gasteiger partial charge on any atom is 0.122 e. The quantitative estimate of drug-likeness (QED) is 0.869. The lowest BCUT2D eigenvalue weighted by atomic mass is 9.81. The molecule has 1 atom stereocenters. The number of para-hydroxylation sites is 1. The third-order valence-electron chi connectivity index (χ3n) is 5.45. The molecule has 1 fully saturated rings. The Morgan fingerprint density at radius 1 is 1.00 bits per heavy atom. The molecule has 1 aliphatic carbocycles. The van der Waals surface area contributed by atoms with Crippen molar-refractivity contribution in [2.45, 2.75) is 51.4 Å². The third kappa shape index (κ3) is 3.79. The Hall–Kier alpha value is -1.02. The molecule has 1 saturated carbocycles. The second kappa shape index (κ2) is 7.31. The summed E-state index contributed by atoms with van der Waals surface area (Å²) in [5, 5.41) is 3.74. The highest BCUT2D eigenvalue weighted by Gasteiger charge is 2.22. The lowest BCUT2D eigenvalue weighted by molar-refractivity contribution is 0.248. The normalized spacial score (nSPS) is 28.7. The van der Waals surface area contributed by atoms with E-state index in [0.29, 0.717) is 5.92 Å². The summed E-state index contributed by atoms with van der Waals surface area (Å²) in [4.78, 5) is 0. The highest BCUT2D eigenvalue weighted by atomic mass is 16.5. The predicted octanol–water partition coefficient (Wildman–Crippen LogP) is 4.36. The molecule has 1 N–H and O–H groups in total. The van der Waals surface area contributed by atoms with Crippen molar-refractivity contribution >= 4 is 0 Å². The highest BCUT2D eigenvalue weighted by molar-refractivity contribution is 5.37. The summed E-state index contributed by atoms with van der Waals surface area (Å²) in [5.74, 6) is 3.63. The summed E-state index contributed by atoms with van der Waals surface area (Å²) in [5.41, 5.74) is 1.39. The van der Waals surface area contributed by atoms with Crippen LogP contribution in [0.3, 0.4) is 0 Å². The molecule has 2 nitrogen and oxygen atoms in total. The highest BCUT2D eigenvalue weighted by Crippen LogP contribution is 2.33. The number of fused-ring (bicyclic) bond motifs is 1. The van der Waals surface area contributed by atoms with E-state index in [0.717, 1.165) is 37.2 Å². The molecule has 2 heteroatoms. The Balaban J connectivity index is 1.44. The van der Waals surface area contributed by atoms with E-state index in [1.165, 1.54) is 44.2 Å². The number of benzene rings is 1. The molecule has 1 aromatic carbocycles. The average molecular weight is 287 g/mol. The number of ether oxygens (including phenoxy) is 1. The van der Waals surface area contributed by atoms with Crippen LogP contribution in [0.1, 0.15) is 56.9 Å². The zero-order valence-corrected chi connectivity index (χ0v) is 13.3. The van der Waals surface area contributed by atoms with Crippen molar-refractivity contribution in [1.82, 2.24) is 5.32 Å². The molecule has 1 aliphatic heterocycles. The van der Waals surface area contributed by atoms with E-state index in [2.05, 4.69) is 36.5 Å². The Kier molecular flexibility index (Phi) is 5.18. The van der Waals surface area contributed by atoms with E-state index < -0.39 is 0 Å². The van der Waals surface area contributed by atoms with Gasteiger partial charge >= 0.3 is 0 Å². The van der Waals surface area contributed by atoms with Gasteiger partial charge in [-0.2, -0.15) is 0 Å². The zero-order chi connectivity index (χ0) is 14.5. The number of hydrogen-bond acceptors (Lipinski definition) is 2. The Morgan fingerprint density at radius 2 is 1.76 bits per heavy atom. The van der Waals surface area contributed by atoms with Crippen molar-refractivity contribution in [2.75, 3.05) is 19.7 Å². The Morgan fingerprint density at radius 3 is 2.57 bits per heavy atom. The standard InChI is InChI=1S/C19H29NO/c1-2-15-7-9-16(10-8-15)13-20-14-17-11-12-21-19-6-4-3-5-18(17)19/h3-6,15-17,20H,2,7-14H2,1H3. The summed E-state index contributed by atoms with van der Waals surface area (Å²) in [6, 6.07) is 8.54. The fourth-order valence-corrected chi connectivity index (χ4v) is 3.93. The summed E-state index contributed by atoms with van der Waals surface area (Å²) < 4.78 is 5.75. The van der Waals surface area contributed by atoms with Crippen LogP contribution in [-0.4, -0.2) is 19.7 Å². The van der Waals surface area contributed by atoms with Crippen LogP contribution < -0.4 is 10.1 Å². The molecular weight excluding hydrogens is 258 g/mol. The first kappa shape index (κ1) is 14.9. The van der Waals surface area contributed by atoms with Crippen LogP contribution in [0.25, 0.3) is 0 Å². The van der Waals surface area contributed by atoms with Crippen molar-refractivity contribution in [3.05, 3.63) is 29.8 Å². The molecule has 1 aromatic rings. The van der Waals surface area contributed by atoms with Gasteiger partial charge in [0.1, 0.15) is 5.75 Å². The molecule has 3 rings (SSSR count). The van der Waals surface area contributed by atoms with E-state index in [1.54, 1.807) is 0 Å². The Bertz CT molecular complexity index is 437. The van der Waals surface area contributed by atoms with Gasteiger partial charge in [0.05, 0.1) is 6.61 Å². The summed E-state index contributed by atoms with van der Waals surface area (Å²) >= 11 is 0. The summed E-state index contributed by atoms with van der Waals surface area (Å²) in [6.45, 7) is 5.51. The van der Waals surface area contributed by atoms with E-state index >= 15 is 0 Å². The van der Waals surface area contributed by atoms with E-state index in [-0.39, 0.29) is 0 Å². The van der Waals surface area contributed by atoms with Crippen LogP contribution in [0.4, 0.5) is 0 Å². The second-order valence-corrected chi connectivity index (χ2v) is 6.83. The molecule has 0 saturated heterocycles. The van der Waals surface area contributed by atoms with E-state index in [1.807, 2.05) is 0 Å². The van der Waals surface area contributed by atoms with E-state index in [4.69, 9.17) is 4.74 Å². The third-order valence-corrected chi connectivity index (χ3v) is 5.45. The van der Waals surface area contributed by atoms with Crippen molar-refractivity contribution in [2.24, 2.45) is 11.8 Å². The minimum Gasteiger partial charge on any atom is -0.493 e. The minimum absolute atomic E-state index is 0.627. The van der Waals surface area contributed by atoms with Gasteiger partial charge in [-0.1, -0.05) is 44.4 Å². The van der Waals surface area contributed by atoms with Gasteiger partial charge < -0.3 is 10.1 Å². The second-order valence-electron chi connectivity index (χ2n) is 6.83. The lowest BCUT2D eigenvalue weighted by Gasteiger charge is -2.30. The van der Waals surface area contributed by atoms with Gasteiger partial charge in [-0.05, 0) is 49.3 Å². The fourth-order valence-electron chi connectivity index (χ4n) is 3.93. The van der Waals surface area contributed by atoms with Gasteiger partial charge in [-0.3, -0.25) is 0 Å². The van der Waals surface area contributed by atoms with Gasteiger partial charge in [0, 0.05) is 12.5 Å². The monoisotopic (exact) mass is 287 g/mol. The molecule has 0 spiro atoms. The van der Waals surface area contributed by atoms with Crippen LogP contribution in [0.5, 0.6) is 5.75 Å².